The van der Waals surface area contributed by atoms with E-state index in [4.69, 9.17) is 4.52 Å². The van der Waals surface area contributed by atoms with Gasteiger partial charge in [0.25, 0.3) is 0 Å². The number of carbonyl (C=O) groups excluding carboxylic acids is 2. The van der Waals surface area contributed by atoms with E-state index in [1.54, 1.807) is 49.2 Å². The second-order valence-corrected chi connectivity index (χ2v) is 9.24. The van der Waals surface area contributed by atoms with Gasteiger partial charge in [-0.25, -0.2) is 15.0 Å². The normalized spacial score (nSPS) is 19.2. The molecule has 194 valence electrons. The zero-order valence-electron chi connectivity index (χ0n) is 20.1. The molecule has 0 spiro atoms. The summed E-state index contributed by atoms with van der Waals surface area (Å²) < 4.78 is 43.6. The standard InChI is InChI=1S/C24H24F3N7O3/c1-13(21(35)34-11-14(12-34)24(25,26)27)29-23-28-8-6-18(31-23)16-4-3-5-17(30-16)19-10-20(37-32-19)15-7-9-33(2)22(15)36/h3-6,8,10,13-15H,7,9,11-12H2,1-2H3,(H,28,29,31)/t13-,15+/m1/s1. The van der Waals surface area contributed by atoms with Crippen LogP contribution in [0.25, 0.3) is 22.8 Å². The molecule has 0 aromatic carbocycles. The highest BCUT2D eigenvalue weighted by molar-refractivity contribution is 5.85. The fourth-order valence-corrected chi connectivity index (χ4v) is 4.35. The van der Waals surface area contributed by atoms with Crippen molar-refractivity contribution < 1.29 is 27.3 Å². The first-order valence-corrected chi connectivity index (χ1v) is 11.7. The van der Waals surface area contributed by atoms with Gasteiger partial charge < -0.3 is 19.6 Å². The number of likely N-dealkylation sites (N-methyl/N-ethyl adjacent to an activating group) is 1. The number of amides is 2. The smallest absolute Gasteiger partial charge is 0.360 e. The van der Waals surface area contributed by atoms with E-state index in [1.165, 1.54) is 6.20 Å². The van der Waals surface area contributed by atoms with E-state index >= 15 is 0 Å². The van der Waals surface area contributed by atoms with E-state index in [0.29, 0.717) is 41.5 Å². The Morgan fingerprint density at radius 2 is 1.84 bits per heavy atom. The van der Waals surface area contributed by atoms with Gasteiger partial charge in [-0.2, -0.15) is 13.2 Å². The summed E-state index contributed by atoms with van der Waals surface area (Å²) in [7, 11) is 1.75. The Hall–Kier alpha value is -4.03. The molecule has 13 heteroatoms. The van der Waals surface area contributed by atoms with Crippen LogP contribution in [0.1, 0.15) is 25.0 Å². The number of hydrogen-bond acceptors (Lipinski definition) is 8. The van der Waals surface area contributed by atoms with Crippen LogP contribution in [0.2, 0.25) is 0 Å². The first-order chi connectivity index (χ1) is 17.6. The Bertz CT molecular complexity index is 1320. The zero-order chi connectivity index (χ0) is 26.3. The fraction of sp³-hybridized carbons (Fsp3) is 0.417. The molecule has 5 heterocycles. The Balaban J connectivity index is 1.27. The van der Waals surface area contributed by atoms with Gasteiger partial charge in [0.2, 0.25) is 17.8 Å². The number of likely N-dealkylation sites (tertiary alicyclic amines) is 2. The van der Waals surface area contributed by atoms with E-state index in [-0.39, 0.29) is 30.9 Å². The number of halogens is 3. The molecule has 2 aliphatic heterocycles. The van der Waals surface area contributed by atoms with Gasteiger partial charge in [0.1, 0.15) is 23.4 Å². The molecule has 1 N–H and O–H groups in total. The lowest BCUT2D eigenvalue weighted by atomic mass is 9.98. The molecule has 10 nitrogen and oxygen atoms in total. The minimum atomic E-state index is -4.30. The summed E-state index contributed by atoms with van der Waals surface area (Å²) in [5, 5.41) is 6.94. The number of anilines is 1. The molecule has 0 bridgehead atoms. The molecule has 2 amide bonds. The zero-order valence-corrected chi connectivity index (χ0v) is 20.1. The maximum atomic E-state index is 12.7. The van der Waals surface area contributed by atoms with Crippen LogP contribution >= 0.6 is 0 Å². The third-order valence-corrected chi connectivity index (χ3v) is 6.60. The summed E-state index contributed by atoms with van der Waals surface area (Å²) in [4.78, 5) is 40.7. The molecular formula is C24H24F3N7O3. The molecule has 2 saturated heterocycles. The van der Waals surface area contributed by atoms with Crippen LogP contribution in [0, 0.1) is 5.92 Å². The number of nitrogens with zero attached hydrogens (tertiary/aromatic N) is 6. The maximum Gasteiger partial charge on any atom is 0.395 e. The van der Waals surface area contributed by atoms with Gasteiger partial charge in [0.05, 0.1) is 23.0 Å². The summed E-state index contributed by atoms with van der Waals surface area (Å²) >= 11 is 0. The minimum Gasteiger partial charge on any atom is -0.360 e. The number of hydrogen-bond donors (Lipinski definition) is 1. The largest absolute Gasteiger partial charge is 0.395 e. The second kappa shape index (κ2) is 9.45. The van der Waals surface area contributed by atoms with Gasteiger partial charge in [-0.05, 0) is 31.5 Å². The van der Waals surface area contributed by atoms with Gasteiger partial charge in [-0.1, -0.05) is 11.2 Å². The molecule has 2 atom stereocenters. The van der Waals surface area contributed by atoms with Crippen molar-refractivity contribution in [1.29, 1.82) is 0 Å². The van der Waals surface area contributed by atoms with E-state index in [1.807, 2.05) is 0 Å². The monoisotopic (exact) mass is 515 g/mol. The highest BCUT2D eigenvalue weighted by atomic mass is 19.4. The number of rotatable bonds is 6. The van der Waals surface area contributed by atoms with E-state index in [9.17, 15) is 22.8 Å². The lowest BCUT2D eigenvalue weighted by Gasteiger charge is -2.41. The minimum absolute atomic E-state index is 0.00703. The highest BCUT2D eigenvalue weighted by Gasteiger charge is 2.49. The van der Waals surface area contributed by atoms with Crippen LogP contribution < -0.4 is 5.32 Å². The van der Waals surface area contributed by atoms with Crippen molar-refractivity contribution in [3.63, 3.8) is 0 Å². The van der Waals surface area contributed by atoms with Gasteiger partial charge in [-0.15, -0.1) is 0 Å². The Kier molecular flexibility index (Phi) is 6.30. The van der Waals surface area contributed by atoms with Crippen molar-refractivity contribution in [3.8, 4) is 22.8 Å². The van der Waals surface area contributed by atoms with Crippen LogP contribution in [0.3, 0.4) is 0 Å². The average Bonchev–Trinajstić information content (AvgIpc) is 3.44. The van der Waals surface area contributed by atoms with E-state index < -0.39 is 24.0 Å². The van der Waals surface area contributed by atoms with Gasteiger partial charge >= 0.3 is 6.18 Å². The summed E-state index contributed by atoms with van der Waals surface area (Å²) in [5.41, 5.74) is 1.99. The topological polar surface area (TPSA) is 117 Å². The molecule has 3 aromatic rings. The molecule has 0 saturated carbocycles. The van der Waals surface area contributed by atoms with Crippen molar-refractivity contribution >= 4 is 17.8 Å². The van der Waals surface area contributed by atoms with Crippen molar-refractivity contribution in [3.05, 3.63) is 42.3 Å². The Morgan fingerprint density at radius 3 is 2.51 bits per heavy atom. The van der Waals surface area contributed by atoms with Crippen molar-refractivity contribution in [2.45, 2.75) is 31.5 Å². The first kappa shape index (κ1) is 24.7. The predicted octanol–water partition coefficient (Wildman–Crippen LogP) is 2.96. The lowest BCUT2D eigenvalue weighted by molar-refractivity contribution is -0.209. The average molecular weight is 515 g/mol. The lowest BCUT2D eigenvalue weighted by Crippen LogP contribution is -2.58. The number of nitrogens with one attached hydrogen (secondary N) is 1. The maximum absolute atomic E-state index is 12.7. The van der Waals surface area contributed by atoms with Crippen molar-refractivity contribution in [1.82, 2.24) is 29.9 Å². The van der Waals surface area contributed by atoms with Crippen molar-refractivity contribution in [2.24, 2.45) is 5.92 Å². The molecule has 5 rings (SSSR count). The number of alkyl halides is 3. The van der Waals surface area contributed by atoms with Crippen LogP contribution in [0.5, 0.6) is 0 Å². The van der Waals surface area contributed by atoms with Gasteiger partial charge in [0.15, 0.2) is 0 Å². The Morgan fingerprint density at radius 1 is 1.14 bits per heavy atom. The third kappa shape index (κ3) is 4.98. The molecular weight excluding hydrogens is 491 g/mol. The van der Waals surface area contributed by atoms with E-state index in [2.05, 4.69) is 25.4 Å². The molecule has 2 aliphatic rings. The molecule has 2 fully saturated rings. The van der Waals surface area contributed by atoms with Crippen LogP contribution in [-0.4, -0.2) is 80.6 Å². The number of pyridine rings is 1. The number of aromatic nitrogens is 4. The van der Waals surface area contributed by atoms with Gasteiger partial charge in [0, 0.05) is 38.9 Å². The SMILES string of the molecule is C[C@@H](Nc1nccc(-c2cccc(-c3cc([C@@H]4CCN(C)C4=O)on3)n2)n1)C(=O)N1CC(C(F)(F)F)C1. The summed E-state index contributed by atoms with van der Waals surface area (Å²) in [6, 6.07) is 7.84. The quantitative estimate of drug-likeness (QED) is 0.533. The van der Waals surface area contributed by atoms with Crippen LogP contribution in [0.15, 0.2) is 41.1 Å². The highest BCUT2D eigenvalue weighted by Crippen LogP contribution is 2.34. The van der Waals surface area contributed by atoms with E-state index in [0.717, 1.165) is 4.90 Å². The molecule has 3 aromatic heterocycles. The first-order valence-electron chi connectivity index (χ1n) is 11.7. The molecule has 0 radical (unpaired) electrons. The van der Waals surface area contributed by atoms with Crippen molar-refractivity contribution in [2.75, 3.05) is 32.0 Å². The second-order valence-electron chi connectivity index (χ2n) is 9.24. The molecule has 37 heavy (non-hydrogen) atoms. The molecule has 0 unspecified atom stereocenters. The van der Waals surface area contributed by atoms with Crippen LogP contribution in [-0.2, 0) is 9.59 Å². The van der Waals surface area contributed by atoms with Crippen LogP contribution in [0.4, 0.5) is 19.1 Å². The molecule has 0 aliphatic carbocycles. The number of carbonyl (C=O) groups is 2. The van der Waals surface area contributed by atoms with Gasteiger partial charge in [-0.3, -0.25) is 9.59 Å². The Labute approximate surface area is 209 Å². The third-order valence-electron chi connectivity index (χ3n) is 6.60. The summed E-state index contributed by atoms with van der Waals surface area (Å²) in [6.07, 6.45) is -2.14. The summed E-state index contributed by atoms with van der Waals surface area (Å²) in [5.74, 6) is -1.66. The predicted molar refractivity (Wildman–Crippen MR) is 125 cm³/mol. The fourth-order valence-electron chi connectivity index (χ4n) is 4.35. The summed E-state index contributed by atoms with van der Waals surface area (Å²) in [6.45, 7) is 1.52.